The molecule has 0 radical (unpaired) electrons. The smallest absolute Gasteiger partial charge is 0.312 e. The molecule has 0 spiro atoms. The number of thioether (sulfide) groups is 1. The molecular weight excluding hydrogens is 334 g/mol. The second kappa shape index (κ2) is 7.61. The van der Waals surface area contributed by atoms with Gasteiger partial charge in [0.1, 0.15) is 6.04 Å². The molecule has 2 aromatic rings. The van der Waals surface area contributed by atoms with Crippen LogP contribution in [0.3, 0.4) is 0 Å². The molecule has 2 aromatic carbocycles. The highest BCUT2D eigenvalue weighted by molar-refractivity contribution is 7.98. The summed E-state index contributed by atoms with van der Waals surface area (Å²) in [5.74, 6) is 0.515. The summed E-state index contributed by atoms with van der Waals surface area (Å²) in [6.45, 7) is 0. The highest BCUT2D eigenvalue weighted by Gasteiger charge is 2.21. The summed E-state index contributed by atoms with van der Waals surface area (Å²) in [5.41, 5.74) is 10.9. The largest absolute Gasteiger partial charge is 0.352 e. The minimum atomic E-state index is -0.689. The third-order valence-electron chi connectivity index (χ3n) is 4.30. The van der Waals surface area contributed by atoms with Crippen LogP contribution in [0.15, 0.2) is 42.5 Å². The van der Waals surface area contributed by atoms with E-state index in [1.165, 1.54) is 22.3 Å². The van der Waals surface area contributed by atoms with Gasteiger partial charge in [-0.3, -0.25) is 4.79 Å². The van der Waals surface area contributed by atoms with Gasteiger partial charge in [-0.25, -0.2) is 4.79 Å². The number of amides is 3. The van der Waals surface area contributed by atoms with E-state index in [0.717, 1.165) is 17.9 Å². The predicted molar refractivity (Wildman–Crippen MR) is 103 cm³/mol. The highest BCUT2D eigenvalue weighted by atomic mass is 32.2. The normalized spacial score (nSPS) is 12.8. The molecule has 0 bridgehead atoms. The molecule has 3 rings (SSSR count). The van der Waals surface area contributed by atoms with Crippen molar-refractivity contribution in [1.82, 2.24) is 5.32 Å². The van der Waals surface area contributed by atoms with Crippen LogP contribution in [0.1, 0.15) is 17.5 Å². The summed E-state index contributed by atoms with van der Waals surface area (Å²) < 4.78 is 0. The van der Waals surface area contributed by atoms with Gasteiger partial charge in [-0.15, -0.1) is 0 Å². The Bertz CT molecular complexity index is 807. The van der Waals surface area contributed by atoms with Gasteiger partial charge in [-0.1, -0.05) is 30.3 Å². The van der Waals surface area contributed by atoms with E-state index < -0.39 is 12.1 Å². The van der Waals surface area contributed by atoms with E-state index in [1.807, 2.05) is 36.6 Å². The Balaban J connectivity index is 1.74. The molecule has 0 fully saturated rings. The van der Waals surface area contributed by atoms with Crippen molar-refractivity contribution in [2.45, 2.75) is 18.9 Å². The van der Waals surface area contributed by atoms with E-state index in [9.17, 15) is 9.59 Å². The molecule has 0 aliphatic heterocycles. The number of nitrogens with two attached hydrogens (primary N) is 1. The van der Waals surface area contributed by atoms with Crippen molar-refractivity contribution in [3.05, 3.63) is 53.6 Å². The zero-order chi connectivity index (χ0) is 17.8. The van der Waals surface area contributed by atoms with Crippen molar-refractivity contribution < 1.29 is 9.59 Å². The average molecular weight is 355 g/mol. The Hall–Kier alpha value is -2.47. The van der Waals surface area contributed by atoms with Gasteiger partial charge in [0.05, 0.1) is 0 Å². The van der Waals surface area contributed by atoms with Crippen molar-refractivity contribution >= 4 is 29.4 Å². The van der Waals surface area contributed by atoms with Gasteiger partial charge in [0.15, 0.2) is 0 Å². The second-order valence-electron chi connectivity index (χ2n) is 6.04. The van der Waals surface area contributed by atoms with Crippen molar-refractivity contribution in [2.24, 2.45) is 5.73 Å². The molecule has 3 amide bonds. The molecule has 6 heteroatoms. The molecule has 4 N–H and O–H groups in total. The van der Waals surface area contributed by atoms with E-state index in [1.54, 1.807) is 11.8 Å². The number of hydrogen-bond acceptors (Lipinski definition) is 3. The standard InChI is InChI=1S/C19H21N3O2S/c1-25-9-8-17(22-19(20)24)18(23)21-14-6-7-16-13(11-14)10-12-4-2-3-5-15(12)16/h2-7,11,17H,8-10H2,1H3,(H,21,23)(H3,20,22,24). The van der Waals surface area contributed by atoms with Crippen LogP contribution >= 0.6 is 11.8 Å². The third-order valence-corrected chi connectivity index (χ3v) is 4.95. The first-order valence-electron chi connectivity index (χ1n) is 8.15. The van der Waals surface area contributed by atoms with Crippen LogP contribution < -0.4 is 16.4 Å². The van der Waals surface area contributed by atoms with Crippen molar-refractivity contribution in [3.8, 4) is 11.1 Å². The molecule has 1 aliphatic rings. The number of fused-ring (bicyclic) bond motifs is 3. The zero-order valence-corrected chi connectivity index (χ0v) is 14.9. The number of anilines is 1. The molecular formula is C19H21N3O2S. The maximum absolute atomic E-state index is 12.5. The highest BCUT2D eigenvalue weighted by Crippen LogP contribution is 2.37. The molecule has 25 heavy (non-hydrogen) atoms. The van der Waals surface area contributed by atoms with Gasteiger partial charge in [0.2, 0.25) is 5.91 Å². The summed E-state index contributed by atoms with van der Waals surface area (Å²) in [7, 11) is 0. The van der Waals surface area contributed by atoms with E-state index in [-0.39, 0.29) is 5.91 Å². The maximum atomic E-state index is 12.5. The lowest BCUT2D eigenvalue weighted by molar-refractivity contribution is -0.117. The quantitative estimate of drug-likeness (QED) is 0.635. The Morgan fingerprint density at radius 1 is 1.16 bits per heavy atom. The monoisotopic (exact) mass is 355 g/mol. The summed E-state index contributed by atoms with van der Waals surface area (Å²) >= 11 is 1.62. The molecule has 1 unspecified atom stereocenters. The molecule has 1 atom stereocenters. The predicted octanol–water partition coefficient (Wildman–Crippen LogP) is 2.99. The first-order valence-corrected chi connectivity index (χ1v) is 9.55. The number of rotatable bonds is 6. The van der Waals surface area contributed by atoms with Crippen molar-refractivity contribution in [3.63, 3.8) is 0 Å². The number of benzene rings is 2. The number of hydrogen-bond donors (Lipinski definition) is 3. The van der Waals surface area contributed by atoms with E-state index in [2.05, 4.69) is 22.8 Å². The minimum absolute atomic E-state index is 0.247. The minimum Gasteiger partial charge on any atom is -0.352 e. The van der Waals surface area contributed by atoms with Crippen LogP contribution in [-0.2, 0) is 11.2 Å². The number of urea groups is 1. The van der Waals surface area contributed by atoms with Crippen LogP contribution in [0.2, 0.25) is 0 Å². The molecule has 0 saturated heterocycles. The summed E-state index contributed by atoms with van der Waals surface area (Å²) in [6, 6.07) is 12.9. The van der Waals surface area contributed by atoms with E-state index >= 15 is 0 Å². The van der Waals surface area contributed by atoms with Gasteiger partial charge in [-0.2, -0.15) is 11.8 Å². The number of carbonyl (C=O) groups excluding carboxylic acids is 2. The average Bonchev–Trinajstić information content (AvgIpc) is 2.95. The van der Waals surface area contributed by atoms with Gasteiger partial charge in [0, 0.05) is 5.69 Å². The van der Waals surface area contributed by atoms with Crippen LogP contribution in [0, 0.1) is 0 Å². The second-order valence-corrected chi connectivity index (χ2v) is 7.02. The Labute approximate surface area is 151 Å². The lowest BCUT2D eigenvalue weighted by Gasteiger charge is -2.17. The molecule has 0 aromatic heterocycles. The number of carbonyl (C=O) groups is 2. The lowest BCUT2D eigenvalue weighted by atomic mass is 10.1. The van der Waals surface area contributed by atoms with Crippen LogP contribution in [-0.4, -0.2) is 30.0 Å². The maximum Gasteiger partial charge on any atom is 0.312 e. The van der Waals surface area contributed by atoms with E-state index in [0.29, 0.717) is 6.42 Å². The van der Waals surface area contributed by atoms with Crippen LogP contribution in [0.5, 0.6) is 0 Å². The fourth-order valence-corrected chi connectivity index (χ4v) is 3.60. The number of nitrogens with one attached hydrogen (secondary N) is 2. The van der Waals surface area contributed by atoms with Crippen molar-refractivity contribution in [2.75, 3.05) is 17.3 Å². The van der Waals surface area contributed by atoms with Gasteiger partial charge in [0.25, 0.3) is 0 Å². The first-order chi connectivity index (χ1) is 12.1. The molecule has 1 aliphatic carbocycles. The number of primary amides is 1. The SMILES string of the molecule is CSCCC(NC(N)=O)C(=O)Nc1ccc2c(c1)Cc1ccccc1-2. The zero-order valence-electron chi connectivity index (χ0n) is 14.0. The Morgan fingerprint density at radius 3 is 2.68 bits per heavy atom. The van der Waals surface area contributed by atoms with Gasteiger partial charge in [-0.05, 0) is 59.2 Å². The van der Waals surface area contributed by atoms with E-state index in [4.69, 9.17) is 5.73 Å². The Kier molecular flexibility index (Phi) is 5.28. The topological polar surface area (TPSA) is 84.2 Å². The fraction of sp³-hybridized carbons (Fsp3) is 0.263. The molecule has 0 saturated carbocycles. The molecule has 5 nitrogen and oxygen atoms in total. The first kappa shape index (κ1) is 17.4. The van der Waals surface area contributed by atoms with Crippen LogP contribution in [0.4, 0.5) is 10.5 Å². The lowest BCUT2D eigenvalue weighted by Crippen LogP contribution is -2.46. The van der Waals surface area contributed by atoms with Crippen molar-refractivity contribution in [1.29, 1.82) is 0 Å². The van der Waals surface area contributed by atoms with Gasteiger partial charge < -0.3 is 16.4 Å². The molecule has 0 heterocycles. The molecule has 130 valence electrons. The summed E-state index contributed by atoms with van der Waals surface area (Å²) in [5, 5.41) is 5.41. The van der Waals surface area contributed by atoms with Gasteiger partial charge >= 0.3 is 6.03 Å². The van der Waals surface area contributed by atoms with Crippen LogP contribution in [0.25, 0.3) is 11.1 Å². The summed E-state index contributed by atoms with van der Waals surface area (Å²) in [6.07, 6.45) is 3.36. The fourth-order valence-electron chi connectivity index (χ4n) is 3.13. The Morgan fingerprint density at radius 2 is 1.92 bits per heavy atom. The summed E-state index contributed by atoms with van der Waals surface area (Å²) in [4.78, 5) is 23.6. The third kappa shape index (κ3) is 3.96.